The molecule has 1 aliphatic heterocycles. The summed E-state index contributed by atoms with van der Waals surface area (Å²) in [6, 6.07) is 21.5. The Morgan fingerprint density at radius 2 is 1.66 bits per heavy atom. The molecule has 4 aromatic rings. The molecule has 1 aliphatic rings. The Morgan fingerprint density at radius 1 is 0.976 bits per heavy atom. The van der Waals surface area contributed by atoms with Crippen molar-refractivity contribution in [1.29, 1.82) is 0 Å². The molecule has 41 heavy (non-hydrogen) atoms. The number of nitrogens with zero attached hydrogens (tertiary/aromatic N) is 3. The van der Waals surface area contributed by atoms with Gasteiger partial charge in [0.25, 0.3) is 0 Å². The van der Waals surface area contributed by atoms with Crippen LogP contribution in [0.4, 0.5) is 16.3 Å². The van der Waals surface area contributed by atoms with Crippen molar-refractivity contribution < 1.29 is 14.3 Å². The highest BCUT2D eigenvalue weighted by Gasteiger charge is 2.23. The van der Waals surface area contributed by atoms with Gasteiger partial charge in [-0.25, -0.2) is 9.48 Å². The predicted octanol–water partition coefficient (Wildman–Crippen LogP) is 6.76. The number of anilines is 2. The number of benzene rings is 3. The van der Waals surface area contributed by atoms with Gasteiger partial charge in [-0.1, -0.05) is 62.7 Å². The smallest absolute Gasteiger partial charge is 0.324 e. The number of aromatic nitrogens is 2. The van der Waals surface area contributed by atoms with Gasteiger partial charge in [0, 0.05) is 41.9 Å². The molecule has 1 saturated heterocycles. The van der Waals surface area contributed by atoms with Gasteiger partial charge in [0.05, 0.1) is 29.3 Å². The first-order chi connectivity index (χ1) is 19.6. The van der Waals surface area contributed by atoms with Crippen molar-refractivity contribution in [3.8, 4) is 11.4 Å². The molecule has 2 heterocycles. The summed E-state index contributed by atoms with van der Waals surface area (Å²) in [7, 11) is 0. The second-order valence-electron chi connectivity index (χ2n) is 12.0. The van der Waals surface area contributed by atoms with Crippen LogP contribution in [0.2, 0.25) is 0 Å². The molecular weight excluding hydrogens is 514 g/mol. The van der Waals surface area contributed by atoms with Crippen LogP contribution in [0.3, 0.4) is 0 Å². The van der Waals surface area contributed by atoms with Gasteiger partial charge in [-0.05, 0) is 45.0 Å². The second kappa shape index (κ2) is 11.9. The lowest BCUT2D eigenvalue weighted by Gasteiger charge is -2.35. The van der Waals surface area contributed by atoms with E-state index in [2.05, 4.69) is 50.2 Å². The van der Waals surface area contributed by atoms with Crippen molar-refractivity contribution in [2.24, 2.45) is 0 Å². The Bertz CT molecular complexity index is 1500. The number of urea groups is 1. The standard InChI is InChI=1S/C33H41N5O3/c1-22-11-13-25(14-12-22)38-31(19-30(36-38)33(4,5)6)35-32(39)34-28-15-16-29(27-10-8-7-9-26(27)28)40-18-17-37-20-23(2)41-24(3)21-37/h7-16,19,23-24H,17-18,20-21H2,1-6H3,(H2,34,35,39)/t23-,24-/m0/s1. The van der Waals surface area contributed by atoms with Gasteiger partial charge in [-0.15, -0.1) is 0 Å². The molecule has 8 nitrogen and oxygen atoms in total. The topological polar surface area (TPSA) is 80.7 Å². The molecule has 0 radical (unpaired) electrons. The van der Waals surface area contributed by atoms with E-state index in [1.54, 1.807) is 4.68 Å². The van der Waals surface area contributed by atoms with Crippen molar-refractivity contribution in [2.75, 3.05) is 36.9 Å². The fraction of sp³-hybridized carbons (Fsp3) is 0.394. The first-order valence-electron chi connectivity index (χ1n) is 14.3. The highest BCUT2D eigenvalue weighted by Crippen LogP contribution is 2.32. The fourth-order valence-corrected chi connectivity index (χ4v) is 5.25. The number of nitrogens with one attached hydrogen (secondary N) is 2. The van der Waals surface area contributed by atoms with Crippen molar-refractivity contribution >= 4 is 28.3 Å². The van der Waals surface area contributed by atoms with Gasteiger partial charge in [0.1, 0.15) is 18.2 Å². The molecule has 0 unspecified atom stereocenters. The fourth-order valence-electron chi connectivity index (χ4n) is 5.25. The molecule has 2 amide bonds. The van der Waals surface area contributed by atoms with Crippen LogP contribution < -0.4 is 15.4 Å². The summed E-state index contributed by atoms with van der Waals surface area (Å²) < 4.78 is 13.9. The number of carbonyl (C=O) groups is 1. The third-order valence-electron chi connectivity index (χ3n) is 7.29. The molecule has 2 atom stereocenters. The van der Waals surface area contributed by atoms with Gasteiger partial charge in [-0.3, -0.25) is 10.2 Å². The summed E-state index contributed by atoms with van der Waals surface area (Å²) in [6.07, 6.45) is 0.457. The van der Waals surface area contributed by atoms with Crippen LogP contribution >= 0.6 is 0 Å². The minimum atomic E-state index is -0.340. The molecule has 2 N–H and O–H groups in total. The van der Waals surface area contributed by atoms with Crippen LogP contribution in [0.1, 0.15) is 45.9 Å². The Morgan fingerprint density at radius 3 is 2.34 bits per heavy atom. The zero-order valence-corrected chi connectivity index (χ0v) is 24.9. The first-order valence-corrected chi connectivity index (χ1v) is 14.3. The average Bonchev–Trinajstić information content (AvgIpc) is 3.34. The molecule has 3 aromatic carbocycles. The molecule has 0 saturated carbocycles. The molecular formula is C33H41N5O3. The summed E-state index contributed by atoms with van der Waals surface area (Å²) in [6.45, 7) is 15.8. The van der Waals surface area contributed by atoms with Crippen LogP contribution in [-0.2, 0) is 10.2 Å². The largest absolute Gasteiger partial charge is 0.492 e. The number of hydrogen-bond donors (Lipinski definition) is 2. The van der Waals surface area contributed by atoms with Crippen LogP contribution in [0.15, 0.2) is 66.7 Å². The van der Waals surface area contributed by atoms with Crippen molar-refractivity contribution in [2.45, 2.75) is 59.2 Å². The van der Waals surface area contributed by atoms with E-state index >= 15 is 0 Å². The van der Waals surface area contributed by atoms with Crippen LogP contribution in [0.25, 0.3) is 16.5 Å². The number of amides is 2. The molecule has 0 spiro atoms. The zero-order chi connectivity index (χ0) is 29.1. The zero-order valence-electron chi connectivity index (χ0n) is 24.9. The van der Waals surface area contributed by atoms with E-state index in [9.17, 15) is 4.79 Å². The Hall–Kier alpha value is -3.88. The SMILES string of the molecule is Cc1ccc(-n2nc(C(C)(C)C)cc2NC(=O)Nc2ccc(OCCN3C[C@H](C)O[C@@H](C)C3)c3ccccc23)cc1. The number of rotatable bonds is 7. The average molecular weight is 556 g/mol. The van der Waals surface area contributed by atoms with Crippen LogP contribution in [-0.4, -0.2) is 59.2 Å². The third-order valence-corrected chi connectivity index (χ3v) is 7.29. The maximum atomic E-state index is 13.3. The summed E-state index contributed by atoms with van der Waals surface area (Å²) >= 11 is 0. The molecule has 5 rings (SSSR count). The van der Waals surface area contributed by atoms with E-state index in [4.69, 9.17) is 14.6 Å². The van der Waals surface area contributed by atoms with Crippen LogP contribution in [0, 0.1) is 6.92 Å². The number of morpholine rings is 1. The molecule has 0 aliphatic carbocycles. The maximum absolute atomic E-state index is 13.3. The third kappa shape index (κ3) is 6.89. The monoisotopic (exact) mass is 555 g/mol. The lowest BCUT2D eigenvalue weighted by atomic mass is 9.92. The summed E-state index contributed by atoms with van der Waals surface area (Å²) in [5.41, 5.74) is 3.47. The molecule has 1 fully saturated rings. The van der Waals surface area contributed by atoms with Crippen molar-refractivity contribution in [3.63, 3.8) is 0 Å². The number of aryl methyl sites for hydroxylation is 1. The Kier molecular flexibility index (Phi) is 8.33. The summed E-state index contributed by atoms with van der Waals surface area (Å²) in [5, 5.41) is 12.8. The maximum Gasteiger partial charge on any atom is 0.324 e. The predicted molar refractivity (Wildman–Crippen MR) is 166 cm³/mol. The lowest BCUT2D eigenvalue weighted by Crippen LogP contribution is -2.46. The lowest BCUT2D eigenvalue weighted by molar-refractivity contribution is -0.0699. The van der Waals surface area contributed by atoms with E-state index in [0.717, 1.165) is 53.1 Å². The number of hydrogen-bond acceptors (Lipinski definition) is 5. The van der Waals surface area contributed by atoms with Gasteiger partial charge >= 0.3 is 6.03 Å². The van der Waals surface area contributed by atoms with E-state index < -0.39 is 0 Å². The Balaban J connectivity index is 1.31. The number of fused-ring (bicyclic) bond motifs is 1. The van der Waals surface area contributed by atoms with E-state index in [0.29, 0.717) is 18.1 Å². The molecule has 8 heteroatoms. The van der Waals surface area contributed by atoms with Gasteiger partial charge in [0.2, 0.25) is 0 Å². The first kappa shape index (κ1) is 28.6. The van der Waals surface area contributed by atoms with E-state index in [1.165, 1.54) is 0 Å². The normalized spacial score (nSPS) is 17.9. The molecule has 1 aromatic heterocycles. The highest BCUT2D eigenvalue weighted by atomic mass is 16.5. The Labute approximate surface area is 242 Å². The molecule has 0 bridgehead atoms. The quantitative estimate of drug-likeness (QED) is 0.263. The minimum Gasteiger partial charge on any atom is -0.492 e. The van der Waals surface area contributed by atoms with Gasteiger partial charge < -0.3 is 14.8 Å². The van der Waals surface area contributed by atoms with E-state index in [1.807, 2.05) is 73.7 Å². The summed E-state index contributed by atoms with van der Waals surface area (Å²) in [5.74, 6) is 1.40. The van der Waals surface area contributed by atoms with Crippen molar-refractivity contribution in [1.82, 2.24) is 14.7 Å². The number of carbonyl (C=O) groups excluding carboxylic acids is 1. The van der Waals surface area contributed by atoms with E-state index in [-0.39, 0.29) is 23.7 Å². The van der Waals surface area contributed by atoms with Crippen molar-refractivity contribution in [3.05, 3.63) is 78.0 Å². The highest BCUT2D eigenvalue weighted by molar-refractivity contribution is 6.07. The van der Waals surface area contributed by atoms with Crippen LogP contribution in [0.5, 0.6) is 5.75 Å². The molecule has 216 valence electrons. The number of ether oxygens (including phenoxy) is 2. The summed E-state index contributed by atoms with van der Waals surface area (Å²) in [4.78, 5) is 15.7. The van der Waals surface area contributed by atoms with Gasteiger partial charge in [-0.2, -0.15) is 5.10 Å². The minimum absolute atomic E-state index is 0.173. The van der Waals surface area contributed by atoms with Gasteiger partial charge in [0.15, 0.2) is 0 Å². The second-order valence-corrected chi connectivity index (χ2v) is 12.0.